The van der Waals surface area contributed by atoms with Gasteiger partial charge in [-0.05, 0) is 30.0 Å². The van der Waals surface area contributed by atoms with E-state index in [1.54, 1.807) is 25.3 Å². The van der Waals surface area contributed by atoms with E-state index in [-0.39, 0.29) is 18.2 Å². The zero-order chi connectivity index (χ0) is 19.0. The van der Waals surface area contributed by atoms with Gasteiger partial charge in [0.15, 0.2) is 0 Å². The monoisotopic (exact) mass is 349 g/mol. The average molecular weight is 349 g/mol. The van der Waals surface area contributed by atoms with Crippen molar-refractivity contribution in [1.82, 2.24) is 10.6 Å². The molecule has 7 heteroatoms. The zero-order valence-corrected chi connectivity index (χ0v) is 15.2. The van der Waals surface area contributed by atoms with Crippen molar-refractivity contribution in [2.24, 2.45) is 11.7 Å². The number of carbonyl (C=O) groups excluding carboxylic acids is 3. The maximum Gasteiger partial charge on any atom is 0.243 e. The Bertz CT molecular complexity index is 616. The second-order valence-electron chi connectivity index (χ2n) is 6.40. The van der Waals surface area contributed by atoms with Crippen LogP contribution in [0.15, 0.2) is 24.3 Å². The fourth-order valence-electron chi connectivity index (χ4n) is 2.48. The zero-order valence-electron chi connectivity index (χ0n) is 15.2. The Hall–Kier alpha value is -2.57. The lowest BCUT2D eigenvalue weighted by molar-refractivity contribution is -0.131. The summed E-state index contributed by atoms with van der Waals surface area (Å²) in [4.78, 5) is 35.6. The van der Waals surface area contributed by atoms with Crippen LogP contribution in [0.25, 0.3) is 0 Å². The van der Waals surface area contributed by atoms with Crippen LogP contribution in [0.5, 0.6) is 5.75 Å². The highest BCUT2D eigenvalue weighted by Gasteiger charge is 2.25. The molecule has 0 aromatic heterocycles. The van der Waals surface area contributed by atoms with E-state index >= 15 is 0 Å². The highest BCUT2D eigenvalue weighted by molar-refractivity contribution is 5.91. The van der Waals surface area contributed by atoms with E-state index in [1.165, 1.54) is 6.92 Å². The van der Waals surface area contributed by atoms with E-state index < -0.39 is 23.9 Å². The molecule has 0 saturated heterocycles. The summed E-state index contributed by atoms with van der Waals surface area (Å²) < 4.78 is 5.15. The summed E-state index contributed by atoms with van der Waals surface area (Å²) in [5, 5.41) is 5.26. The van der Waals surface area contributed by atoms with E-state index in [4.69, 9.17) is 10.5 Å². The molecule has 4 N–H and O–H groups in total. The molecule has 0 aliphatic carbocycles. The minimum absolute atomic E-state index is 0.202. The molecule has 0 heterocycles. The summed E-state index contributed by atoms with van der Waals surface area (Å²) in [6.07, 6.45) is 0.711. The van der Waals surface area contributed by atoms with E-state index in [1.807, 2.05) is 19.9 Å². The molecule has 0 radical (unpaired) electrons. The molecule has 0 aliphatic heterocycles. The van der Waals surface area contributed by atoms with Gasteiger partial charge in [-0.3, -0.25) is 14.4 Å². The smallest absolute Gasteiger partial charge is 0.243 e. The molecule has 0 saturated carbocycles. The molecule has 0 fully saturated rings. The van der Waals surface area contributed by atoms with Crippen molar-refractivity contribution in [2.45, 2.75) is 45.7 Å². The SMILES string of the molecule is COc1cccc(C[C@H](NC(=O)[C@H](CC(C)C)NC(C)=O)C(N)=O)c1. The molecule has 7 nitrogen and oxygen atoms in total. The normalized spacial score (nSPS) is 13.0. The maximum atomic E-state index is 12.5. The van der Waals surface area contributed by atoms with Crippen LogP contribution in [0.3, 0.4) is 0 Å². The van der Waals surface area contributed by atoms with Gasteiger partial charge in [-0.15, -0.1) is 0 Å². The van der Waals surface area contributed by atoms with Gasteiger partial charge in [-0.1, -0.05) is 26.0 Å². The second kappa shape index (κ2) is 9.66. The molecule has 0 spiro atoms. The average Bonchev–Trinajstić information content (AvgIpc) is 2.52. The first-order chi connectivity index (χ1) is 11.7. The number of nitrogens with one attached hydrogen (secondary N) is 2. The molecule has 3 amide bonds. The van der Waals surface area contributed by atoms with Crippen molar-refractivity contribution in [3.05, 3.63) is 29.8 Å². The molecular weight excluding hydrogens is 322 g/mol. The minimum atomic E-state index is -0.872. The van der Waals surface area contributed by atoms with Crippen molar-refractivity contribution in [3.8, 4) is 5.75 Å². The van der Waals surface area contributed by atoms with Gasteiger partial charge in [-0.25, -0.2) is 0 Å². The van der Waals surface area contributed by atoms with Crippen LogP contribution < -0.4 is 21.1 Å². The van der Waals surface area contributed by atoms with Gasteiger partial charge in [0.25, 0.3) is 0 Å². The Morgan fingerprint density at radius 2 is 1.84 bits per heavy atom. The maximum absolute atomic E-state index is 12.5. The number of hydrogen-bond donors (Lipinski definition) is 3. The summed E-state index contributed by atoms with van der Waals surface area (Å²) in [6, 6.07) is 5.61. The number of carbonyl (C=O) groups is 3. The summed E-state index contributed by atoms with van der Waals surface area (Å²) in [7, 11) is 1.55. The highest BCUT2D eigenvalue weighted by Crippen LogP contribution is 2.14. The third-order valence-corrected chi connectivity index (χ3v) is 3.63. The molecule has 2 atom stereocenters. The lowest BCUT2D eigenvalue weighted by Gasteiger charge is -2.23. The van der Waals surface area contributed by atoms with Gasteiger partial charge in [-0.2, -0.15) is 0 Å². The molecule has 1 aromatic rings. The van der Waals surface area contributed by atoms with Gasteiger partial charge < -0.3 is 21.1 Å². The Morgan fingerprint density at radius 3 is 2.36 bits per heavy atom. The van der Waals surface area contributed by atoms with Gasteiger partial charge in [0, 0.05) is 13.3 Å². The minimum Gasteiger partial charge on any atom is -0.497 e. The first-order valence-corrected chi connectivity index (χ1v) is 8.22. The van der Waals surface area contributed by atoms with E-state index in [2.05, 4.69) is 10.6 Å². The number of benzene rings is 1. The standard InChI is InChI=1S/C18H27N3O4/c1-11(2)8-16(20-12(3)22)18(24)21-15(17(19)23)10-13-6-5-7-14(9-13)25-4/h5-7,9,11,15-16H,8,10H2,1-4H3,(H2,19,23)(H,20,22)(H,21,24)/t15-,16-/m0/s1. The molecular formula is C18H27N3O4. The number of hydrogen-bond acceptors (Lipinski definition) is 4. The molecule has 0 unspecified atom stereocenters. The van der Waals surface area contributed by atoms with Crippen LogP contribution in [0.2, 0.25) is 0 Å². The van der Waals surface area contributed by atoms with Crippen molar-refractivity contribution < 1.29 is 19.1 Å². The van der Waals surface area contributed by atoms with Crippen LogP contribution >= 0.6 is 0 Å². The Balaban J connectivity index is 2.85. The highest BCUT2D eigenvalue weighted by atomic mass is 16.5. The lowest BCUT2D eigenvalue weighted by atomic mass is 10.0. The van der Waals surface area contributed by atoms with Crippen LogP contribution in [0.1, 0.15) is 32.8 Å². The number of ether oxygens (including phenoxy) is 1. The number of amides is 3. The summed E-state index contributed by atoms with van der Waals surface area (Å²) in [6.45, 7) is 5.25. The first-order valence-electron chi connectivity index (χ1n) is 8.22. The van der Waals surface area contributed by atoms with Crippen molar-refractivity contribution in [2.75, 3.05) is 7.11 Å². The van der Waals surface area contributed by atoms with Crippen molar-refractivity contribution in [3.63, 3.8) is 0 Å². The summed E-state index contributed by atoms with van der Waals surface area (Å²) >= 11 is 0. The van der Waals surface area contributed by atoms with Crippen molar-refractivity contribution in [1.29, 1.82) is 0 Å². The molecule has 25 heavy (non-hydrogen) atoms. The predicted molar refractivity (Wildman–Crippen MR) is 94.9 cm³/mol. The largest absolute Gasteiger partial charge is 0.497 e. The van der Waals surface area contributed by atoms with E-state index in [0.29, 0.717) is 12.2 Å². The van der Waals surface area contributed by atoms with Crippen LogP contribution in [0.4, 0.5) is 0 Å². The van der Waals surface area contributed by atoms with E-state index in [0.717, 1.165) is 5.56 Å². The van der Waals surface area contributed by atoms with Crippen molar-refractivity contribution >= 4 is 17.7 Å². The lowest BCUT2D eigenvalue weighted by Crippen LogP contribution is -2.53. The Labute approximate surface area is 148 Å². The van der Waals surface area contributed by atoms with Gasteiger partial charge in [0.1, 0.15) is 17.8 Å². The second-order valence-corrected chi connectivity index (χ2v) is 6.40. The fraction of sp³-hybridized carbons (Fsp3) is 0.500. The third-order valence-electron chi connectivity index (χ3n) is 3.63. The van der Waals surface area contributed by atoms with E-state index in [9.17, 15) is 14.4 Å². The van der Waals surface area contributed by atoms with Gasteiger partial charge in [0.2, 0.25) is 17.7 Å². The van der Waals surface area contributed by atoms with Crippen LogP contribution in [-0.4, -0.2) is 36.9 Å². The fourth-order valence-corrected chi connectivity index (χ4v) is 2.48. The third kappa shape index (κ3) is 7.24. The number of primary amides is 1. The molecule has 0 aliphatic rings. The molecule has 0 bridgehead atoms. The summed E-state index contributed by atoms with van der Waals surface area (Å²) in [5.74, 6) is -0.502. The van der Waals surface area contributed by atoms with Gasteiger partial charge >= 0.3 is 0 Å². The van der Waals surface area contributed by atoms with Crippen LogP contribution in [-0.2, 0) is 20.8 Å². The quantitative estimate of drug-likeness (QED) is 0.611. The summed E-state index contributed by atoms with van der Waals surface area (Å²) in [5.41, 5.74) is 6.24. The first kappa shape index (κ1) is 20.5. The van der Waals surface area contributed by atoms with Crippen LogP contribution in [0, 0.1) is 5.92 Å². The number of rotatable bonds is 9. The molecule has 1 aromatic carbocycles. The number of methoxy groups -OCH3 is 1. The molecule has 138 valence electrons. The van der Waals surface area contributed by atoms with Gasteiger partial charge in [0.05, 0.1) is 7.11 Å². The topological polar surface area (TPSA) is 111 Å². The Kier molecular flexibility index (Phi) is 7.91. The predicted octanol–water partition coefficient (Wildman–Crippen LogP) is 0.759. The number of nitrogens with two attached hydrogens (primary N) is 1. The Morgan fingerprint density at radius 1 is 1.16 bits per heavy atom. The molecule has 1 rings (SSSR count).